The summed E-state index contributed by atoms with van der Waals surface area (Å²) in [5, 5.41) is 3.63. The Labute approximate surface area is 121 Å². The summed E-state index contributed by atoms with van der Waals surface area (Å²) in [6.07, 6.45) is 2.44. The van der Waals surface area contributed by atoms with Gasteiger partial charge in [-0.2, -0.15) is 0 Å². The van der Waals surface area contributed by atoms with Crippen molar-refractivity contribution in [1.82, 2.24) is 10.2 Å². The summed E-state index contributed by atoms with van der Waals surface area (Å²) < 4.78 is 5.25. The molecule has 1 N–H and O–H groups in total. The summed E-state index contributed by atoms with van der Waals surface area (Å²) in [4.78, 5) is 2.55. The van der Waals surface area contributed by atoms with E-state index in [1.54, 1.807) is 7.11 Å². The summed E-state index contributed by atoms with van der Waals surface area (Å²) in [6, 6.07) is 1.13. The van der Waals surface area contributed by atoms with Gasteiger partial charge in [0.1, 0.15) is 0 Å². The van der Waals surface area contributed by atoms with Crippen LogP contribution in [-0.4, -0.2) is 50.3 Å². The minimum atomic E-state index is 0.377. The number of methoxy groups -OCH3 is 1. The van der Waals surface area contributed by atoms with E-state index < -0.39 is 0 Å². The number of nitrogens with one attached hydrogen (secondary N) is 1. The van der Waals surface area contributed by atoms with Gasteiger partial charge < -0.3 is 10.1 Å². The zero-order valence-corrected chi connectivity index (χ0v) is 14.3. The van der Waals surface area contributed by atoms with Crippen molar-refractivity contribution in [2.45, 2.75) is 66.5 Å². The van der Waals surface area contributed by atoms with Crippen LogP contribution in [0.1, 0.15) is 54.4 Å². The molecular weight excluding hydrogens is 236 g/mol. The first-order valence-corrected chi connectivity index (χ1v) is 7.87. The Morgan fingerprint density at radius 1 is 1.11 bits per heavy atom. The molecule has 0 aliphatic rings. The standard InChI is InChI=1S/C16H36N2O/c1-8-16(9-2,12-17-14(3)4)13-18(15(5)6)10-11-19-7/h14-15,17H,8-13H2,1-7H3. The lowest BCUT2D eigenvalue weighted by atomic mass is 9.81. The molecular formula is C16H36N2O. The summed E-state index contributed by atoms with van der Waals surface area (Å²) in [5.41, 5.74) is 0.377. The number of hydrogen-bond donors (Lipinski definition) is 1. The van der Waals surface area contributed by atoms with E-state index in [1.807, 2.05) is 0 Å². The quantitative estimate of drug-likeness (QED) is 0.625. The van der Waals surface area contributed by atoms with E-state index in [0.29, 0.717) is 17.5 Å². The fourth-order valence-corrected chi connectivity index (χ4v) is 2.36. The molecule has 0 atom stereocenters. The molecule has 0 unspecified atom stereocenters. The SMILES string of the molecule is CCC(CC)(CNC(C)C)CN(CCOC)C(C)C. The van der Waals surface area contributed by atoms with Gasteiger partial charge >= 0.3 is 0 Å². The molecule has 0 saturated heterocycles. The summed E-state index contributed by atoms with van der Waals surface area (Å²) >= 11 is 0. The second-order valence-corrected chi connectivity index (χ2v) is 6.30. The molecule has 3 heteroatoms. The Bertz CT molecular complexity index is 213. The first-order chi connectivity index (χ1) is 8.90. The first kappa shape index (κ1) is 18.9. The maximum absolute atomic E-state index is 5.25. The molecule has 0 aromatic heterocycles. The monoisotopic (exact) mass is 272 g/mol. The van der Waals surface area contributed by atoms with Gasteiger partial charge in [-0.05, 0) is 32.1 Å². The molecule has 0 aliphatic carbocycles. The Morgan fingerprint density at radius 3 is 2.05 bits per heavy atom. The molecule has 0 aromatic carbocycles. The van der Waals surface area contributed by atoms with Crippen LogP contribution in [0.2, 0.25) is 0 Å². The molecule has 0 spiro atoms. The van der Waals surface area contributed by atoms with Crippen molar-refractivity contribution in [2.75, 3.05) is 33.4 Å². The normalized spacial score (nSPS) is 12.9. The lowest BCUT2D eigenvalue weighted by Gasteiger charge is -2.40. The Balaban J connectivity index is 4.65. The average molecular weight is 272 g/mol. The number of hydrogen-bond acceptors (Lipinski definition) is 3. The highest BCUT2D eigenvalue weighted by atomic mass is 16.5. The van der Waals surface area contributed by atoms with E-state index in [-0.39, 0.29) is 0 Å². The minimum Gasteiger partial charge on any atom is -0.383 e. The smallest absolute Gasteiger partial charge is 0.0589 e. The van der Waals surface area contributed by atoms with Crippen molar-refractivity contribution >= 4 is 0 Å². The van der Waals surface area contributed by atoms with Crippen molar-refractivity contribution in [3.63, 3.8) is 0 Å². The zero-order chi connectivity index (χ0) is 14.9. The topological polar surface area (TPSA) is 24.5 Å². The summed E-state index contributed by atoms with van der Waals surface area (Å²) in [7, 11) is 1.78. The molecule has 0 amide bonds. The Kier molecular flexibility index (Phi) is 9.67. The van der Waals surface area contributed by atoms with Gasteiger partial charge in [-0.3, -0.25) is 4.90 Å². The van der Waals surface area contributed by atoms with Crippen LogP contribution in [0.5, 0.6) is 0 Å². The highest BCUT2D eigenvalue weighted by Gasteiger charge is 2.29. The Morgan fingerprint density at radius 2 is 1.68 bits per heavy atom. The van der Waals surface area contributed by atoms with Crippen LogP contribution in [0.25, 0.3) is 0 Å². The molecule has 0 bridgehead atoms. The lowest BCUT2D eigenvalue weighted by molar-refractivity contribution is 0.0768. The maximum Gasteiger partial charge on any atom is 0.0589 e. The summed E-state index contributed by atoms with van der Waals surface area (Å²) in [5.74, 6) is 0. The lowest BCUT2D eigenvalue weighted by Crippen LogP contribution is -2.48. The van der Waals surface area contributed by atoms with E-state index in [9.17, 15) is 0 Å². The van der Waals surface area contributed by atoms with Crippen molar-refractivity contribution in [3.8, 4) is 0 Å². The fourth-order valence-electron chi connectivity index (χ4n) is 2.36. The van der Waals surface area contributed by atoms with Crippen LogP contribution in [0.4, 0.5) is 0 Å². The largest absolute Gasteiger partial charge is 0.383 e. The van der Waals surface area contributed by atoms with Crippen LogP contribution >= 0.6 is 0 Å². The van der Waals surface area contributed by atoms with Gasteiger partial charge in [0, 0.05) is 38.8 Å². The highest BCUT2D eigenvalue weighted by Crippen LogP contribution is 2.27. The predicted molar refractivity (Wildman–Crippen MR) is 84.7 cm³/mol. The molecule has 0 saturated carbocycles. The molecule has 116 valence electrons. The van der Waals surface area contributed by atoms with Gasteiger partial charge in [0.2, 0.25) is 0 Å². The molecule has 0 radical (unpaired) electrons. The van der Waals surface area contributed by atoms with Crippen LogP contribution in [0, 0.1) is 5.41 Å². The van der Waals surface area contributed by atoms with Crippen LogP contribution in [-0.2, 0) is 4.74 Å². The highest BCUT2D eigenvalue weighted by molar-refractivity contribution is 4.84. The van der Waals surface area contributed by atoms with Gasteiger partial charge in [-0.1, -0.05) is 27.7 Å². The molecule has 3 nitrogen and oxygen atoms in total. The van der Waals surface area contributed by atoms with Crippen LogP contribution in [0.3, 0.4) is 0 Å². The van der Waals surface area contributed by atoms with E-state index in [4.69, 9.17) is 4.74 Å². The zero-order valence-electron chi connectivity index (χ0n) is 14.3. The van der Waals surface area contributed by atoms with E-state index in [1.165, 1.54) is 12.8 Å². The van der Waals surface area contributed by atoms with E-state index in [2.05, 4.69) is 51.8 Å². The van der Waals surface area contributed by atoms with Crippen molar-refractivity contribution in [3.05, 3.63) is 0 Å². The number of rotatable bonds is 11. The van der Waals surface area contributed by atoms with Crippen LogP contribution < -0.4 is 5.32 Å². The van der Waals surface area contributed by atoms with E-state index in [0.717, 1.165) is 26.2 Å². The minimum absolute atomic E-state index is 0.377. The average Bonchev–Trinajstić information content (AvgIpc) is 2.38. The molecule has 19 heavy (non-hydrogen) atoms. The number of ether oxygens (including phenoxy) is 1. The van der Waals surface area contributed by atoms with Crippen molar-refractivity contribution < 1.29 is 4.74 Å². The third-order valence-corrected chi connectivity index (χ3v) is 4.24. The predicted octanol–water partition coefficient (Wildman–Crippen LogP) is 3.15. The molecule has 0 rings (SSSR count). The Hall–Kier alpha value is -0.120. The van der Waals surface area contributed by atoms with E-state index >= 15 is 0 Å². The first-order valence-electron chi connectivity index (χ1n) is 7.87. The van der Waals surface area contributed by atoms with Gasteiger partial charge in [0.15, 0.2) is 0 Å². The van der Waals surface area contributed by atoms with Gasteiger partial charge in [0.05, 0.1) is 6.61 Å². The third-order valence-electron chi connectivity index (χ3n) is 4.24. The van der Waals surface area contributed by atoms with Gasteiger partial charge in [-0.25, -0.2) is 0 Å². The molecule has 0 heterocycles. The van der Waals surface area contributed by atoms with Crippen LogP contribution in [0.15, 0.2) is 0 Å². The maximum atomic E-state index is 5.25. The van der Waals surface area contributed by atoms with Gasteiger partial charge in [-0.15, -0.1) is 0 Å². The molecule has 0 fully saturated rings. The molecule has 0 aromatic rings. The second-order valence-electron chi connectivity index (χ2n) is 6.30. The van der Waals surface area contributed by atoms with Crippen molar-refractivity contribution in [1.29, 1.82) is 0 Å². The second kappa shape index (κ2) is 9.73. The fraction of sp³-hybridized carbons (Fsp3) is 1.00. The van der Waals surface area contributed by atoms with Gasteiger partial charge in [0.25, 0.3) is 0 Å². The third kappa shape index (κ3) is 7.28. The summed E-state index contributed by atoms with van der Waals surface area (Å²) in [6.45, 7) is 17.7. The molecule has 0 aliphatic heterocycles. The number of nitrogens with zero attached hydrogens (tertiary/aromatic N) is 1. The van der Waals surface area contributed by atoms with Crippen molar-refractivity contribution in [2.24, 2.45) is 5.41 Å².